The van der Waals surface area contributed by atoms with Crippen LogP contribution in [0.15, 0.2) is 52.9 Å². The number of hydrogen-bond acceptors (Lipinski definition) is 4. The van der Waals surface area contributed by atoms with Gasteiger partial charge in [0, 0.05) is 17.5 Å². The van der Waals surface area contributed by atoms with Crippen LogP contribution in [0.1, 0.15) is 32.3 Å². The molecule has 0 saturated carbocycles. The molecule has 0 amide bonds. The molecular formula is C19H12FNO3. The van der Waals surface area contributed by atoms with Crippen LogP contribution in [0, 0.1) is 5.82 Å². The number of Topliss-reactive ketones (excluding diaryl/α,β-unsaturated/α-hetero) is 2. The summed E-state index contributed by atoms with van der Waals surface area (Å²) in [5.41, 5.74) is 1.96. The highest BCUT2D eigenvalue weighted by Gasteiger charge is 2.34. The molecule has 2 aromatic carbocycles. The lowest BCUT2D eigenvalue weighted by Crippen LogP contribution is -2.20. The van der Waals surface area contributed by atoms with Gasteiger partial charge in [-0.3, -0.25) is 9.59 Å². The lowest BCUT2D eigenvalue weighted by atomic mass is 9.91. The number of aromatic nitrogens is 1. The van der Waals surface area contributed by atoms with Crippen LogP contribution in [0.5, 0.6) is 0 Å². The van der Waals surface area contributed by atoms with Gasteiger partial charge in [0.05, 0.1) is 0 Å². The fourth-order valence-electron chi connectivity index (χ4n) is 2.82. The van der Waals surface area contributed by atoms with Crippen molar-refractivity contribution >= 4 is 11.6 Å². The summed E-state index contributed by atoms with van der Waals surface area (Å²) in [5.74, 6) is -0.741. The number of rotatable bonds is 3. The normalized spacial score (nSPS) is 12.9. The number of oxazole rings is 1. The Hall–Kier alpha value is -3.08. The minimum absolute atomic E-state index is 0.0767. The Morgan fingerprint density at radius 2 is 1.58 bits per heavy atom. The zero-order chi connectivity index (χ0) is 16.7. The predicted molar refractivity (Wildman–Crippen MR) is 84.4 cm³/mol. The number of fused-ring (bicyclic) bond motifs is 3. The number of benzene rings is 2. The van der Waals surface area contributed by atoms with Gasteiger partial charge in [-0.05, 0) is 24.1 Å². The smallest absolute Gasteiger partial charge is 0.255 e. The van der Waals surface area contributed by atoms with Crippen LogP contribution < -0.4 is 0 Å². The summed E-state index contributed by atoms with van der Waals surface area (Å²) in [5, 5.41) is 0. The van der Waals surface area contributed by atoms with Gasteiger partial charge in [-0.15, -0.1) is 0 Å². The van der Waals surface area contributed by atoms with Crippen molar-refractivity contribution < 1.29 is 18.4 Å². The Kier molecular flexibility index (Phi) is 3.34. The van der Waals surface area contributed by atoms with Crippen molar-refractivity contribution in [2.75, 3.05) is 0 Å². The second-order valence-corrected chi connectivity index (χ2v) is 5.62. The molecule has 0 fully saturated rings. The molecule has 1 aliphatic rings. The highest BCUT2D eigenvalue weighted by atomic mass is 19.1. The fourth-order valence-corrected chi connectivity index (χ4v) is 2.82. The molecular weight excluding hydrogens is 309 g/mol. The predicted octanol–water partition coefficient (Wildman–Crippen LogP) is 3.64. The second kappa shape index (κ2) is 5.53. The number of carbonyl (C=O) groups is 2. The Morgan fingerprint density at radius 3 is 2.33 bits per heavy atom. The number of nitrogens with zero attached hydrogens (tertiary/aromatic N) is 1. The average molecular weight is 321 g/mol. The number of carbonyl (C=O) groups excluding carboxylic acids is 2. The first-order chi connectivity index (χ1) is 11.6. The van der Waals surface area contributed by atoms with Crippen LogP contribution in [0.3, 0.4) is 0 Å². The summed E-state index contributed by atoms with van der Waals surface area (Å²) in [6.07, 6.45) is 1.06. The van der Waals surface area contributed by atoms with Gasteiger partial charge in [0.1, 0.15) is 5.82 Å². The molecule has 24 heavy (non-hydrogen) atoms. The highest BCUT2D eigenvalue weighted by molar-refractivity contribution is 6.52. The van der Waals surface area contributed by atoms with Crippen molar-refractivity contribution in [2.24, 2.45) is 0 Å². The molecule has 0 bridgehead atoms. The lowest BCUT2D eigenvalue weighted by Gasteiger charge is -2.10. The standard InChI is InChI=1S/C19H12FNO3/c20-12-8-5-11(6-9-12)7-10-15-21-16-18(23)17(22)13-3-1-2-4-14(13)19(16)24-15/h1-6,8-9H,7,10H2. The Bertz CT molecular complexity index is 957. The molecule has 1 aliphatic carbocycles. The molecule has 1 heterocycles. The van der Waals surface area contributed by atoms with E-state index in [0.717, 1.165) is 5.56 Å². The van der Waals surface area contributed by atoms with E-state index in [1.54, 1.807) is 36.4 Å². The number of hydrogen-bond donors (Lipinski definition) is 0. The van der Waals surface area contributed by atoms with Crippen LogP contribution in [0.25, 0.3) is 11.3 Å². The number of halogens is 1. The highest BCUT2D eigenvalue weighted by Crippen LogP contribution is 2.34. The van der Waals surface area contributed by atoms with Gasteiger partial charge < -0.3 is 4.42 Å². The first-order valence-electron chi connectivity index (χ1n) is 7.56. The lowest BCUT2D eigenvalue weighted by molar-refractivity contribution is 0.0812. The van der Waals surface area contributed by atoms with Crippen molar-refractivity contribution in [1.29, 1.82) is 0 Å². The van der Waals surface area contributed by atoms with Gasteiger partial charge >= 0.3 is 0 Å². The molecule has 0 saturated heterocycles. The van der Waals surface area contributed by atoms with Gasteiger partial charge in [-0.1, -0.05) is 36.4 Å². The van der Waals surface area contributed by atoms with Gasteiger partial charge in [-0.25, -0.2) is 9.37 Å². The second-order valence-electron chi connectivity index (χ2n) is 5.62. The fraction of sp³-hybridized carbons (Fsp3) is 0.105. The van der Waals surface area contributed by atoms with E-state index in [9.17, 15) is 14.0 Å². The Morgan fingerprint density at radius 1 is 0.875 bits per heavy atom. The van der Waals surface area contributed by atoms with E-state index < -0.39 is 11.6 Å². The first kappa shape index (κ1) is 14.5. The van der Waals surface area contributed by atoms with Crippen molar-refractivity contribution in [2.45, 2.75) is 12.8 Å². The van der Waals surface area contributed by atoms with E-state index in [4.69, 9.17) is 4.42 Å². The number of aryl methyl sites for hydroxylation is 2. The molecule has 0 aliphatic heterocycles. The van der Waals surface area contributed by atoms with E-state index in [-0.39, 0.29) is 11.5 Å². The SMILES string of the molecule is O=C1C(=O)c2nc(CCc3ccc(F)cc3)oc2-c2ccccc21. The maximum atomic E-state index is 12.9. The zero-order valence-electron chi connectivity index (χ0n) is 12.6. The van der Waals surface area contributed by atoms with E-state index >= 15 is 0 Å². The summed E-state index contributed by atoms with van der Waals surface area (Å²) in [6, 6.07) is 13.0. The van der Waals surface area contributed by atoms with E-state index in [1.165, 1.54) is 12.1 Å². The molecule has 5 heteroatoms. The molecule has 0 N–H and O–H groups in total. The van der Waals surface area contributed by atoms with E-state index in [2.05, 4.69) is 4.98 Å². The quantitative estimate of drug-likeness (QED) is 0.691. The zero-order valence-corrected chi connectivity index (χ0v) is 12.6. The maximum Gasteiger partial charge on any atom is 0.255 e. The largest absolute Gasteiger partial charge is 0.440 e. The molecule has 1 aromatic heterocycles. The van der Waals surface area contributed by atoms with Crippen LogP contribution in [-0.2, 0) is 12.8 Å². The van der Waals surface area contributed by atoms with Crippen LogP contribution in [0.2, 0.25) is 0 Å². The van der Waals surface area contributed by atoms with Gasteiger partial charge in [0.2, 0.25) is 5.78 Å². The molecule has 118 valence electrons. The third-order valence-corrected chi connectivity index (χ3v) is 4.05. The van der Waals surface area contributed by atoms with Crippen LogP contribution in [-0.4, -0.2) is 16.6 Å². The monoisotopic (exact) mass is 321 g/mol. The van der Waals surface area contributed by atoms with Crippen molar-refractivity contribution in [1.82, 2.24) is 4.98 Å². The molecule has 4 rings (SSSR count). The Balaban J connectivity index is 1.65. The van der Waals surface area contributed by atoms with Gasteiger partial charge in [0.15, 0.2) is 17.3 Å². The summed E-state index contributed by atoms with van der Waals surface area (Å²) in [7, 11) is 0. The summed E-state index contributed by atoms with van der Waals surface area (Å²) in [4.78, 5) is 28.5. The van der Waals surface area contributed by atoms with Crippen LogP contribution >= 0.6 is 0 Å². The van der Waals surface area contributed by atoms with Crippen molar-refractivity contribution in [3.63, 3.8) is 0 Å². The van der Waals surface area contributed by atoms with E-state index in [1.807, 2.05) is 0 Å². The first-order valence-corrected chi connectivity index (χ1v) is 7.56. The third-order valence-electron chi connectivity index (χ3n) is 4.05. The van der Waals surface area contributed by atoms with E-state index in [0.29, 0.717) is 35.6 Å². The molecule has 0 unspecified atom stereocenters. The number of ketones is 2. The van der Waals surface area contributed by atoms with Gasteiger partial charge in [0.25, 0.3) is 5.78 Å². The average Bonchev–Trinajstić information content (AvgIpc) is 3.04. The molecule has 0 radical (unpaired) electrons. The minimum Gasteiger partial charge on any atom is -0.440 e. The van der Waals surface area contributed by atoms with Crippen LogP contribution in [0.4, 0.5) is 4.39 Å². The summed E-state index contributed by atoms with van der Waals surface area (Å²) >= 11 is 0. The minimum atomic E-state index is -0.638. The van der Waals surface area contributed by atoms with Crippen molar-refractivity contribution in [3.05, 3.63) is 77.1 Å². The molecule has 3 aromatic rings. The van der Waals surface area contributed by atoms with Gasteiger partial charge in [-0.2, -0.15) is 0 Å². The molecule has 4 nitrogen and oxygen atoms in total. The maximum absolute atomic E-state index is 12.9. The Labute approximate surface area is 137 Å². The molecule has 0 atom stereocenters. The summed E-state index contributed by atoms with van der Waals surface area (Å²) < 4.78 is 18.7. The summed E-state index contributed by atoms with van der Waals surface area (Å²) in [6.45, 7) is 0. The van der Waals surface area contributed by atoms with Crippen molar-refractivity contribution in [3.8, 4) is 11.3 Å². The topological polar surface area (TPSA) is 60.2 Å². The third kappa shape index (κ3) is 2.34. The molecule has 0 spiro atoms.